The number of hydrogen-bond donors (Lipinski definition) is 0. The van der Waals surface area contributed by atoms with Gasteiger partial charge in [-0.05, 0) is 89.7 Å². The van der Waals surface area contributed by atoms with Gasteiger partial charge in [0.2, 0.25) is 0 Å². The molecule has 3 heterocycles. The molecule has 0 spiro atoms. The van der Waals surface area contributed by atoms with Gasteiger partial charge in [-0.15, -0.1) is 11.3 Å². The van der Waals surface area contributed by atoms with Crippen molar-refractivity contribution in [1.29, 1.82) is 0 Å². The Hall–Kier alpha value is -6.42. The number of nitrogens with zero attached hydrogens (tertiary/aromatic N) is 2. The summed E-state index contributed by atoms with van der Waals surface area (Å²) in [6.07, 6.45) is 24.1. The molecule has 258 valence electrons. The minimum Gasteiger partial charge on any atom is -0.310 e. The summed E-state index contributed by atoms with van der Waals surface area (Å²) in [6, 6.07) is 41.9. The molecular weight excluding hydrogens is 673 g/mol. The maximum absolute atomic E-state index is 4.59. The van der Waals surface area contributed by atoms with Crippen LogP contribution in [0.2, 0.25) is 0 Å². The van der Waals surface area contributed by atoms with Gasteiger partial charge in [0.1, 0.15) is 0 Å². The SMILES string of the molecule is C=Cc1c(CC=Cc2ccc3c(c2)c2ccccc2n3/C2=C/C(c3ccc4c(c3)sc3ccccc34)C=C/C=C\C2=C)c2c(n1-c1ccccc1)=CCC=2. The van der Waals surface area contributed by atoms with E-state index in [1.54, 1.807) is 0 Å². The molecule has 5 aromatic carbocycles. The highest BCUT2D eigenvalue weighted by atomic mass is 32.1. The minimum absolute atomic E-state index is 0.0863. The average Bonchev–Trinajstić information content (AvgIpc) is 3.97. The molecule has 54 heavy (non-hydrogen) atoms. The van der Waals surface area contributed by atoms with Gasteiger partial charge in [-0.2, -0.15) is 0 Å². The zero-order valence-corrected chi connectivity index (χ0v) is 30.8. The monoisotopic (exact) mass is 710 g/mol. The molecule has 0 amide bonds. The number of para-hydroxylation sites is 2. The highest BCUT2D eigenvalue weighted by Crippen LogP contribution is 2.39. The van der Waals surface area contributed by atoms with E-state index in [0.29, 0.717) is 0 Å². The van der Waals surface area contributed by atoms with Gasteiger partial charge >= 0.3 is 0 Å². The van der Waals surface area contributed by atoms with Crippen molar-refractivity contribution in [2.45, 2.75) is 18.8 Å². The van der Waals surface area contributed by atoms with Crippen LogP contribution in [-0.4, -0.2) is 9.13 Å². The Labute approximate surface area is 318 Å². The summed E-state index contributed by atoms with van der Waals surface area (Å²) in [6.45, 7) is 8.81. The summed E-state index contributed by atoms with van der Waals surface area (Å²) in [4.78, 5) is 0. The van der Waals surface area contributed by atoms with E-state index in [4.69, 9.17) is 0 Å². The van der Waals surface area contributed by atoms with E-state index < -0.39 is 0 Å². The van der Waals surface area contributed by atoms with Crippen LogP contribution in [0, 0.1) is 0 Å². The van der Waals surface area contributed by atoms with E-state index in [1.165, 1.54) is 80.6 Å². The van der Waals surface area contributed by atoms with Gasteiger partial charge in [0, 0.05) is 64.5 Å². The van der Waals surface area contributed by atoms with Gasteiger partial charge in [-0.3, -0.25) is 0 Å². The third kappa shape index (κ3) is 5.31. The molecule has 0 bridgehead atoms. The summed E-state index contributed by atoms with van der Waals surface area (Å²) < 4.78 is 7.41. The number of allylic oxidation sites excluding steroid dienone is 8. The van der Waals surface area contributed by atoms with Crippen LogP contribution >= 0.6 is 11.3 Å². The van der Waals surface area contributed by atoms with Crippen LogP contribution in [0.5, 0.6) is 0 Å². The topological polar surface area (TPSA) is 9.86 Å². The van der Waals surface area contributed by atoms with E-state index in [-0.39, 0.29) is 5.92 Å². The van der Waals surface area contributed by atoms with Crippen LogP contribution in [0.25, 0.3) is 77.7 Å². The second-order valence-electron chi connectivity index (χ2n) is 14.1. The average molecular weight is 711 g/mol. The van der Waals surface area contributed by atoms with Crippen LogP contribution < -0.4 is 10.6 Å². The van der Waals surface area contributed by atoms with Crippen LogP contribution in [0.15, 0.2) is 170 Å². The first-order chi connectivity index (χ1) is 26.7. The minimum atomic E-state index is 0.0863. The zero-order valence-electron chi connectivity index (χ0n) is 30.0. The second kappa shape index (κ2) is 13.2. The van der Waals surface area contributed by atoms with Gasteiger partial charge in [-0.25, -0.2) is 0 Å². The summed E-state index contributed by atoms with van der Waals surface area (Å²) in [7, 11) is 0. The molecule has 0 aliphatic heterocycles. The van der Waals surface area contributed by atoms with E-state index >= 15 is 0 Å². The van der Waals surface area contributed by atoms with Crippen molar-refractivity contribution in [3.05, 3.63) is 203 Å². The van der Waals surface area contributed by atoms with Crippen molar-refractivity contribution in [2.75, 3.05) is 0 Å². The molecular formula is C51H38N2S. The summed E-state index contributed by atoms with van der Waals surface area (Å²) in [5.41, 5.74) is 10.6. The van der Waals surface area contributed by atoms with E-state index in [9.17, 15) is 0 Å². The van der Waals surface area contributed by atoms with E-state index in [1.807, 2.05) is 17.4 Å². The fourth-order valence-electron chi connectivity index (χ4n) is 8.49. The lowest BCUT2D eigenvalue weighted by atomic mass is 9.93. The van der Waals surface area contributed by atoms with Crippen molar-refractivity contribution < 1.29 is 0 Å². The third-order valence-electron chi connectivity index (χ3n) is 11.0. The van der Waals surface area contributed by atoms with Crippen molar-refractivity contribution >= 4 is 83.3 Å². The Morgan fingerprint density at radius 3 is 2.41 bits per heavy atom. The second-order valence-corrected chi connectivity index (χ2v) is 15.2. The highest BCUT2D eigenvalue weighted by molar-refractivity contribution is 7.25. The first kappa shape index (κ1) is 32.2. The molecule has 1 unspecified atom stereocenters. The molecule has 0 N–H and O–H groups in total. The Kier molecular flexibility index (Phi) is 7.89. The van der Waals surface area contributed by atoms with Gasteiger partial charge < -0.3 is 9.13 Å². The fourth-order valence-corrected chi connectivity index (χ4v) is 9.65. The van der Waals surface area contributed by atoms with Crippen LogP contribution in [-0.2, 0) is 6.42 Å². The first-order valence-corrected chi connectivity index (χ1v) is 19.5. The molecule has 0 fully saturated rings. The van der Waals surface area contributed by atoms with Crippen LogP contribution in [0.3, 0.4) is 0 Å². The highest BCUT2D eigenvalue weighted by Gasteiger charge is 2.19. The predicted molar refractivity (Wildman–Crippen MR) is 235 cm³/mol. The molecule has 3 heteroatoms. The molecule has 3 aromatic heterocycles. The lowest BCUT2D eigenvalue weighted by Gasteiger charge is -2.18. The molecule has 0 radical (unpaired) electrons. The summed E-state index contributed by atoms with van der Waals surface area (Å²) in [5, 5.41) is 7.72. The van der Waals surface area contributed by atoms with Crippen LogP contribution in [0.4, 0.5) is 0 Å². The zero-order chi connectivity index (χ0) is 36.2. The van der Waals surface area contributed by atoms with Crippen LogP contribution in [0.1, 0.15) is 34.7 Å². The molecule has 0 saturated heterocycles. The summed E-state index contributed by atoms with van der Waals surface area (Å²) in [5.74, 6) is 0.0863. The molecule has 1 atom stereocenters. The van der Waals surface area contributed by atoms with Gasteiger partial charge in [-0.1, -0.05) is 135 Å². The number of hydrogen-bond acceptors (Lipinski definition) is 1. The van der Waals surface area contributed by atoms with Crippen molar-refractivity contribution in [3.63, 3.8) is 0 Å². The lowest BCUT2D eigenvalue weighted by molar-refractivity contribution is 1.01. The number of thiophene rings is 1. The Bertz CT molecular complexity index is 3080. The van der Waals surface area contributed by atoms with Gasteiger partial charge in [0.05, 0.1) is 11.0 Å². The molecule has 0 saturated carbocycles. The van der Waals surface area contributed by atoms with Crippen molar-refractivity contribution in [3.8, 4) is 5.69 Å². The van der Waals surface area contributed by atoms with E-state index in [0.717, 1.165) is 24.1 Å². The van der Waals surface area contributed by atoms with Gasteiger partial charge in [0.25, 0.3) is 0 Å². The predicted octanol–water partition coefficient (Wildman–Crippen LogP) is 12.1. The Balaban J connectivity index is 1.04. The summed E-state index contributed by atoms with van der Waals surface area (Å²) >= 11 is 1.87. The normalized spacial score (nSPS) is 17.1. The Morgan fingerprint density at radius 2 is 1.52 bits per heavy atom. The molecule has 2 aliphatic carbocycles. The molecule has 2 nitrogen and oxygen atoms in total. The molecule has 10 rings (SSSR count). The van der Waals surface area contributed by atoms with Crippen molar-refractivity contribution in [1.82, 2.24) is 9.13 Å². The number of benzene rings is 5. The lowest BCUT2D eigenvalue weighted by Crippen LogP contribution is -2.26. The first-order valence-electron chi connectivity index (χ1n) is 18.7. The number of aromatic nitrogens is 2. The third-order valence-corrected chi connectivity index (χ3v) is 12.1. The smallest absolute Gasteiger partial charge is 0.0541 e. The largest absolute Gasteiger partial charge is 0.310 e. The number of rotatable bonds is 7. The van der Waals surface area contributed by atoms with E-state index in [2.05, 4.69) is 192 Å². The Morgan fingerprint density at radius 1 is 0.722 bits per heavy atom. The maximum Gasteiger partial charge on any atom is 0.0541 e. The standard InChI is InChI=1S/C51H38N2S/c1-3-45-39(40-23-14-25-46(40)52(45)38-18-5-4-6-19-38)22-13-16-35-27-30-48-44(31-35)41-20-9-11-24-47(41)53(48)49-32-36(17-8-7-15-34(49)2)37-28-29-43-42-21-10-12-26-50(42)54-51(43)33-37/h3-13,15-21,23-33,36H,1-2,14,22H2/b15-7-,16-13?,17-8?,49-32+. The fraction of sp³-hybridized carbons (Fsp3) is 0.0588. The van der Waals surface area contributed by atoms with Gasteiger partial charge in [0.15, 0.2) is 0 Å². The molecule has 2 aliphatic rings. The van der Waals surface area contributed by atoms with Crippen molar-refractivity contribution in [2.24, 2.45) is 0 Å². The number of fused-ring (bicyclic) bond motifs is 7. The quantitative estimate of drug-likeness (QED) is 0.156. The maximum atomic E-state index is 4.59. The molecule has 8 aromatic rings.